The monoisotopic (exact) mass is 361 g/mol. The molecule has 0 spiro atoms. The first-order valence-electron chi connectivity index (χ1n) is 8.15. The van der Waals surface area contributed by atoms with Crippen LogP contribution in [0.5, 0.6) is 0 Å². The van der Waals surface area contributed by atoms with Gasteiger partial charge >= 0.3 is 0 Å². The molecule has 2 aromatic rings. The van der Waals surface area contributed by atoms with E-state index in [1.54, 1.807) is 24.3 Å². The molecule has 0 aliphatic heterocycles. The smallest absolute Gasteiger partial charge is 0.230 e. The number of sulfone groups is 1. The predicted octanol–water partition coefficient (Wildman–Crippen LogP) is 2.97. The Morgan fingerprint density at radius 2 is 1.84 bits per heavy atom. The molecule has 2 aromatic carbocycles. The quantitative estimate of drug-likeness (QED) is 0.891. The van der Waals surface area contributed by atoms with E-state index >= 15 is 0 Å². The highest BCUT2D eigenvalue weighted by Gasteiger charge is 2.45. The molecule has 1 saturated carbocycles. The summed E-state index contributed by atoms with van der Waals surface area (Å²) in [5.74, 6) is -0.454. The van der Waals surface area contributed by atoms with Gasteiger partial charge in [0.05, 0.1) is 10.3 Å². The minimum Gasteiger partial charge on any atom is -0.351 e. The van der Waals surface area contributed by atoms with Crippen LogP contribution in [0.3, 0.4) is 0 Å². The maximum Gasteiger partial charge on any atom is 0.230 e. The van der Waals surface area contributed by atoms with Crippen LogP contribution in [0.1, 0.15) is 30.4 Å². The molecule has 1 aliphatic rings. The summed E-state index contributed by atoms with van der Waals surface area (Å²) < 4.78 is 36.5. The van der Waals surface area contributed by atoms with E-state index in [-0.39, 0.29) is 16.6 Å². The van der Waals surface area contributed by atoms with Gasteiger partial charge < -0.3 is 5.32 Å². The molecule has 1 N–H and O–H groups in total. The first-order chi connectivity index (χ1) is 11.8. The maximum atomic E-state index is 13.5. The second-order valence-corrected chi connectivity index (χ2v) is 8.56. The third kappa shape index (κ3) is 3.58. The molecule has 6 heteroatoms. The number of benzene rings is 2. The fourth-order valence-corrected chi connectivity index (χ4v) is 3.80. The molecule has 0 atom stereocenters. The number of amides is 1. The predicted molar refractivity (Wildman–Crippen MR) is 93.3 cm³/mol. The fourth-order valence-electron chi connectivity index (χ4n) is 3.17. The van der Waals surface area contributed by atoms with Crippen molar-refractivity contribution in [1.29, 1.82) is 0 Å². The molecule has 0 heterocycles. The fraction of sp³-hybridized carbons (Fsp3) is 0.316. The second kappa shape index (κ2) is 6.59. The summed E-state index contributed by atoms with van der Waals surface area (Å²) in [6.45, 7) is 0.305. The van der Waals surface area contributed by atoms with Crippen molar-refractivity contribution in [2.24, 2.45) is 0 Å². The molecule has 0 aromatic heterocycles. The van der Waals surface area contributed by atoms with Crippen molar-refractivity contribution >= 4 is 15.7 Å². The van der Waals surface area contributed by atoms with Gasteiger partial charge in [0.15, 0.2) is 9.84 Å². The van der Waals surface area contributed by atoms with Crippen molar-refractivity contribution < 1.29 is 17.6 Å². The number of nitrogens with one attached hydrogen (secondary N) is 1. The van der Waals surface area contributed by atoms with Crippen LogP contribution in [0, 0.1) is 5.82 Å². The van der Waals surface area contributed by atoms with E-state index in [1.165, 1.54) is 24.3 Å². The number of halogens is 1. The molecule has 1 amide bonds. The van der Waals surface area contributed by atoms with Crippen molar-refractivity contribution in [2.75, 3.05) is 6.26 Å². The van der Waals surface area contributed by atoms with Crippen LogP contribution < -0.4 is 5.32 Å². The Hall–Kier alpha value is -2.21. The number of carbonyl (C=O) groups is 1. The van der Waals surface area contributed by atoms with Crippen LogP contribution in [0.2, 0.25) is 0 Å². The standard InChI is InChI=1S/C19H20FNO3S/c1-25(23,24)17-8-6-14(7-9-17)13-21-18(22)19(10-3-11-19)15-4-2-5-16(20)12-15/h2,4-9,12H,3,10-11,13H2,1H3,(H,21,22). The van der Waals surface area contributed by atoms with Gasteiger partial charge in [-0.05, 0) is 48.2 Å². The average molecular weight is 361 g/mol. The number of hydrogen-bond donors (Lipinski definition) is 1. The van der Waals surface area contributed by atoms with E-state index in [9.17, 15) is 17.6 Å². The molecular weight excluding hydrogens is 341 g/mol. The SMILES string of the molecule is CS(=O)(=O)c1ccc(CNC(=O)C2(c3cccc(F)c3)CCC2)cc1. The van der Waals surface area contributed by atoms with E-state index in [4.69, 9.17) is 0 Å². The first-order valence-corrected chi connectivity index (χ1v) is 10.0. The van der Waals surface area contributed by atoms with Gasteiger partial charge in [-0.1, -0.05) is 30.7 Å². The van der Waals surface area contributed by atoms with Gasteiger partial charge in [-0.25, -0.2) is 12.8 Å². The summed E-state index contributed by atoms with van der Waals surface area (Å²) >= 11 is 0. The van der Waals surface area contributed by atoms with E-state index in [0.717, 1.165) is 18.2 Å². The lowest BCUT2D eigenvalue weighted by molar-refractivity contribution is -0.130. The molecule has 0 radical (unpaired) electrons. The van der Waals surface area contributed by atoms with Gasteiger partial charge in [0.25, 0.3) is 0 Å². The Bertz CT molecular complexity index is 887. The van der Waals surface area contributed by atoms with Gasteiger partial charge in [0, 0.05) is 12.8 Å². The molecule has 0 saturated heterocycles. The number of hydrogen-bond acceptors (Lipinski definition) is 3. The van der Waals surface area contributed by atoms with Gasteiger partial charge in [-0.15, -0.1) is 0 Å². The Morgan fingerprint density at radius 1 is 1.16 bits per heavy atom. The largest absolute Gasteiger partial charge is 0.351 e. The van der Waals surface area contributed by atoms with Crippen LogP contribution in [-0.2, 0) is 26.6 Å². The topological polar surface area (TPSA) is 63.2 Å². The molecule has 1 aliphatic carbocycles. The molecular formula is C19H20FNO3S. The summed E-state index contributed by atoms with van der Waals surface area (Å²) in [6, 6.07) is 12.7. The van der Waals surface area contributed by atoms with E-state index in [1.807, 2.05) is 0 Å². The average Bonchev–Trinajstić information content (AvgIpc) is 2.51. The molecule has 0 unspecified atom stereocenters. The van der Waals surface area contributed by atoms with Gasteiger partial charge in [0.1, 0.15) is 5.82 Å². The van der Waals surface area contributed by atoms with E-state index in [0.29, 0.717) is 24.9 Å². The van der Waals surface area contributed by atoms with Crippen LogP contribution in [-0.4, -0.2) is 20.6 Å². The highest BCUT2D eigenvalue weighted by molar-refractivity contribution is 7.90. The van der Waals surface area contributed by atoms with Crippen molar-refractivity contribution in [3.05, 3.63) is 65.5 Å². The third-order valence-corrected chi connectivity index (χ3v) is 5.95. The first kappa shape index (κ1) is 17.6. The third-order valence-electron chi connectivity index (χ3n) is 4.82. The zero-order valence-corrected chi connectivity index (χ0v) is 14.8. The Morgan fingerprint density at radius 3 is 2.36 bits per heavy atom. The van der Waals surface area contributed by atoms with E-state index in [2.05, 4.69) is 5.32 Å². The summed E-state index contributed by atoms with van der Waals surface area (Å²) in [5, 5.41) is 2.91. The summed E-state index contributed by atoms with van der Waals surface area (Å²) in [5.41, 5.74) is 0.868. The molecule has 25 heavy (non-hydrogen) atoms. The van der Waals surface area contributed by atoms with Crippen LogP contribution in [0.25, 0.3) is 0 Å². The summed E-state index contributed by atoms with van der Waals surface area (Å²) in [6.07, 6.45) is 3.50. The van der Waals surface area contributed by atoms with Crippen LogP contribution >= 0.6 is 0 Å². The molecule has 4 nitrogen and oxygen atoms in total. The minimum absolute atomic E-state index is 0.114. The van der Waals surface area contributed by atoms with E-state index < -0.39 is 15.3 Å². The zero-order chi connectivity index (χ0) is 18.1. The zero-order valence-electron chi connectivity index (χ0n) is 14.0. The van der Waals surface area contributed by atoms with Gasteiger partial charge in [-0.3, -0.25) is 4.79 Å². The lowest BCUT2D eigenvalue weighted by Gasteiger charge is -2.40. The van der Waals surface area contributed by atoms with Gasteiger partial charge in [-0.2, -0.15) is 0 Å². The summed E-state index contributed by atoms with van der Waals surface area (Å²) in [7, 11) is -3.23. The van der Waals surface area contributed by atoms with Crippen molar-refractivity contribution in [3.63, 3.8) is 0 Å². The lowest BCUT2D eigenvalue weighted by Crippen LogP contribution is -2.49. The molecule has 1 fully saturated rings. The van der Waals surface area contributed by atoms with Crippen molar-refractivity contribution in [3.8, 4) is 0 Å². The molecule has 132 valence electrons. The second-order valence-electron chi connectivity index (χ2n) is 6.54. The lowest BCUT2D eigenvalue weighted by atomic mass is 9.64. The van der Waals surface area contributed by atoms with Crippen LogP contribution in [0.15, 0.2) is 53.4 Å². The number of rotatable bonds is 5. The summed E-state index contributed by atoms with van der Waals surface area (Å²) in [4.78, 5) is 13.0. The Kier molecular flexibility index (Phi) is 4.64. The highest BCUT2D eigenvalue weighted by Crippen LogP contribution is 2.44. The van der Waals surface area contributed by atoms with Crippen molar-refractivity contribution in [2.45, 2.75) is 36.1 Å². The Balaban J connectivity index is 1.71. The number of carbonyl (C=O) groups excluding carboxylic acids is 1. The maximum absolute atomic E-state index is 13.5. The van der Waals surface area contributed by atoms with Crippen LogP contribution in [0.4, 0.5) is 4.39 Å². The molecule has 0 bridgehead atoms. The minimum atomic E-state index is -3.23. The normalized spacial score (nSPS) is 16.1. The van der Waals surface area contributed by atoms with Gasteiger partial charge in [0.2, 0.25) is 5.91 Å². The molecule has 3 rings (SSSR count). The highest BCUT2D eigenvalue weighted by atomic mass is 32.2. The van der Waals surface area contributed by atoms with Crippen molar-refractivity contribution in [1.82, 2.24) is 5.32 Å². The Labute approximate surface area is 147 Å².